The lowest BCUT2D eigenvalue weighted by atomic mass is 10.0. The topological polar surface area (TPSA) is 98.1 Å². The third-order valence-electron chi connectivity index (χ3n) is 4.41. The number of carbonyl (C=O) groups is 2. The van der Waals surface area contributed by atoms with Crippen LogP contribution in [0.2, 0.25) is 0 Å². The van der Waals surface area contributed by atoms with Crippen molar-refractivity contribution >= 4 is 11.9 Å². The fourth-order valence-electron chi connectivity index (χ4n) is 3.14. The molecule has 1 aliphatic heterocycles. The van der Waals surface area contributed by atoms with Crippen LogP contribution in [0.25, 0.3) is 0 Å². The van der Waals surface area contributed by atoms with E-state index in [1.165, 1.54) is 0 Å². The average Bonchev–Trinajstić information content (AvgIpc) is 2.79. The molecule has 2 unspecified atom stereocenters. The van der Waals surface area contributed by atoms with Crippen LogP contribution in [-0.4, -0.2) is 50.3 Å². The molecule has 0 saturated carbocycles. The Hall–Kier alpha value is -2.18. The molecule has 4 atom stereocenters. The molecule has 25 heavy (non-hydrogen) atoms. The Bertz CT molecular complexity index is 616. The highest BCUT2D eigenvalue weighted by Crippen LogP contribution is 2.28. The van der Waals surface area contributed by atoms with E-state index in [0.717, 1.165) is 5.56 Å². The van der Waals surface area contributed by atoms with E-state index in [1.807, 2.05) is 37.3 Å². The smallest absolute Gasteiger partial charge is 0.305 e. The lowest BCUT2D eigenvalue weighted by Gasteiger charge is -2.25. The van der Waals surface area contributed by atoms with Gasteiger partial charge in [0.15, 0.2) is 0 Å². The molecular weight excluding hydrogens is 322 g/mol. The number of amides is 1. The van der Waals surface area contributed by atoms with Gasteiger partial charge in [0, 0.05) is 19.4 Å². The number of aliphatic hydroxyl groups excluding tert-OH is 2. The number of carbonyl (C=O) groups excluding carboxylic acids is 1. The Morgan fingerprint density at radius 2 is 2.00 bits per heavy atom. The van der Waals surface area contributed by atoms with Crippen LogP contribution in [0.1, 0.15) is 31.7 Å². The molecule has 6 nitrogen and oxygen atoms in total. The van der Waals surface area contributed by atoms with E-state index in [2.05, 4.69) is 0 Å². The molecule has 0 radical (unpaired) electrons. The summed E-state index contributed by atoms with van der Waals surface area (Å²) in [6.45, 7) is 2.50. The second-order valence-electron chi connectivity index (χ2n) is 6.62. The Balaban J connectivity index is 1.99. The predicted octanol–water partition coefficient (Wildman–Crippen LogP) is 1.57. The van der Waals surface area contributed by atoms with Gasteiger partial charge in [-0.25, -0.2) is 0 Å². The Morgan fingerprint density at radius 1 is 1.32 bits per heavy atom. The molecule has 0 bridgehead atoms. The number of hydrogen-bond acceptors (Lipinski definition) is 4. The van der Waals surface area contributed by atoms with Gasteiger partial charge in [-0.3, -0.25) is 9.59 Å². The molecule has 1 aliphatic rings. The molecule has 1 fully saturated rings. The van der Waals surface area contributed by atoms with Crippen molar-refractivity contribution in [3.63, 3.8) is 0 Å². The number of aliphatic hydroxyl groups is 2. The average molecular weight is 347 g/mol. The first kappa shape index (κ1) is 19.1. The minimum Gasteiger partial charge on any atom is -0.481 e. The van der Waals surface area contributed by atoms with Crippen LogP contribution in [0.3, 0.4) is 0 Å². The maximum Gasteiger partial charge on any atom is 0.305 e. The van der Waals surface area contributed by atoms with E-state index in [1.54, 1.807) is 17.1 Å². The van der Waals surface area contributed by atoms with Crippen LogP contribution in [0.5, 0.6) is 0 Å². The van der Waals surface area contributed by atoms with Gasteiger partial charge in [0.2, 0.25) is 5.91 Å². The minimum atomic E-state index is -1.10. The summed E-state index contributed by atoms with van der Waals surface area (Å²) in [6, 6.07) is 9.59. The van der Waals surface area contributed by atoms with Gasteiger partial charge >= 0.3 is 5.97 Å². The largest absolute Gasteiger partial charge is 0.481 e. The summed E-state index contributed by atoms with van der Waals surface area (Å²) in [6.07, 6.45) is 1.30. The molecule has 3 N–H and O–H groups in total. The highest BCUT2D eigenvalue weighted by Gasteiger charge is 2.35. The number of likely N-dealkylation sites (tertiary alicyclic amines) is 1. The fraction of sp³-hybridized carbons (Fsp3) is 0.474. The van der Waals surface area contributed by atoms with Crippen molar-refractivity contribution < 1.29 is 24.9 Å². The Kier molecular flexibility index (Phi) is 6.73. The Labute approximate surface area is 147 Å². The van der Waals surface area contributed by atoms with Crippen LogP contribution < -0.4 is 0 Å². The van der Waals surface area contributed by atoms with Crippen molar-refractivity contribution in [2.45, 2.75) is 51.0 Å². The highest BCUT2D eigenvalue weighted by atomic mass is 16.4. The maximum absolute atomic E-state index is 12.3. The summed E-state index contributed by atoms with van der Waals surface area (Å²) in [4.78, 5) is 24.6. The van der Waals surface area contributed by atoms with Crippen LogP contribution in [-0.2, 0) is 16.1 Å². The maximum atomic E-state index is 12.3. The van der Waals surface area contributed by atoms with E-state index in [9.17, 15) is 19.8 Å². The Morgan fingerprint density at radius 3 is 2.64 bits per heavy atom. The van der Waals surface area contributed by atoms with Crippen molar-refractivity contribution in [3.8, 4) is 0 Å². The van der Waals surface area contributed by atoms with Gasteiger partial charge in [-0.1, -0.05) is 49.4 Å². The summed E-state index contributed by atoms with van der Waals surface area (Å²) in [7, 11) is 0. The van der Waals surface area contributed by atoms with E-state index < -0.39 is 24.6 Å². The second-order valence-corrected chi connectivity index (χ2v) is 6.62. The molecule has 1 aromatic carbocycles. The SMILES string of the molecule is CC1CC(=O)N(Cc2ccccc2)C1/C=C/[C@@H](O)C[C@@H](O)CC(=O)O. The monoisotopic (exact) mass is 347 g/mol. The van der Waals surface area contributed by atoms with Gasteiger partial charge in [-0.15, -0.1) is 0 Å². The first-order valence-corrected chi connectivity index (χ1v) is 8.46. The summed E-state index contributed by atoms with van der Waals surface area (Å²) >= 11 is 0. The van der Waals surface area contributed by atoms with Gasteiger partial charge in [0.25, 0.3) is 0 Å². The van der Waals surface area contributed by atoms with Crippen molar-refractivity contribution in [2.75, 3.05) is 0 Å². The van der Waals surface area contributed by atoms with Crippen molar-refractivity contribution in [3.05, 3.63) is 48.0 Å². The van der Waals surface area contributed by atoms with Gasteiger partial charge in [0.05, 0.1) is 24.7 Å². The van der Waals surface area contributed by atoms with Crippen LogP contribution in [0.4, 0.5) is 0 Å². The van der Waals surface area contributed by atoms with Crippen molar-refractivity contribution in [1.29, 1.82) is 0 Å². The molecular formula is C19H25NO5. The standard InChI is InChI=1S/C19H25NO5/c1-13-9-18(23)20(12-14-5-3-2-4-6-14)17(13)8-7-15(21)10-16(22)11-19(24)25/h2-8,13,15-17,21-22H,9-12H2,1H3,(H,24,25)/b8-7+/t13?,15-,16-,17?/m1/s1. The molecule has 2 rings (SSSR count). The normalized spacial score (nSPS) is 23.2. The molecule has 0 aromatic heterocycles. The van der Waals surface area contributed by atoms with E-state index in [-0.39, 0.29) is 24.3 Å². The van der Waals surface area contributed by atoms with E-state index >= 15 is 0 Å². The number of aliphatic carboxylic acids is 1. The molecule has 1 saturated heterocycles. The summed E-state index contributed by atoms with van der Waals surface area (Å²) in [5.74, 6) is -0.900. The van der Waals surface area contributed by atoms with Gasteiger partial charge in [-0.2, -0.15) is 0 Å². The predicted molar refractivity (Wildman–Crippen MR) is 92.6 cm³/mol. The molecule has 1 amide bonds. The van der Waals surface area contributed by atoms with Gasteiger partial charge < -0.3 is 20.2 Å². The first-order valence-electron chi connectivity index (χ1n) is 8.46. The third kappa shape index (κ3) is 5.69. The number of carboxylic acid groups (broad SMARTS) is 1. The van der Waals surface area contributed by atoms with Gasteiger partial charge in [0.1, 0.15) is 0 Å². The van der Waals surface area contributed by atoms with Crippen LogP contribution >= 0.6 is 0 Å². The molecule has 0 aliphatic carbocycles. The van der Waals surface area contributed by atoms with Crippen molar-refractivity contribution in [2.24, 2.45) is 5.92 Å². The summed E-state index contributed by atoms with van der Waals surface area (Å²) in [5.41, 5.74) is 1.04. The quantitative estimate of drug-likeness (QED) is 0.620. The molecule has 1 heterocycles. The summed E-state index contributed by atoms with van der Waals surface area (Å²) in [5, 5.41) is 28.2. The van der Waals surface area contributed by atoms with Gasteiger partial charge in [-0.05, 0) is 11.5 Å². The van der Waals surface area contributed by atoms with Crippen LogP contribution in [0, 0.1) is 5.92 Å². The summed E-state index contributed by atoms with van der Waals surface area (Å²) < 4.78 is 0. The molecule has 1 aromatic rings. The lowest BCUT2D eigenvalue weighted by Crippen LogP contribution is -2.33. The number of nitrogens with zero attached hydrogens (tertiary/aromatic N) is 1. The first-order chi connectivity index (χ1) is 11.9. The zero-order valence-corrected chi connectivity index (χ0v) is 14.3. The second kappa shape index (κ2) is 8.78. The van der Waals surface area contributed by atoms with E-state index in [4.69, 9.17) is 5.11 Å². The number of hydrogen-bond donors (Lipinski definition) is 3. The zero-order valence-electron chi connectivity index (χ0n) is 14.3. The third-order valence-corrected chi connectivity index (χ3v) is 4.41. The highest BCUT2D eigenvalue weighted by molar-refractivity contribution is 5.79. The molecule has 0 spiro atoms. The fourth-order valence-corrected chi connectivity index (χ4v) is 3.14. The lowest BCUT2D eigenvalue weighted by molar-refractivity contribution is -0.139. The molecule has 6 heteroatoms. The van der Waals surface area contributed by atoms with E-state index in [0.29, 0.717) is 13.0 Å². The minimum absolute atomic E-state index is 0.0451. The van der Waals surface area contributed by atoms with Crippen molar-refractivity contribution in [1.82, 2.24) is 4.90 Å². The van der Waals surface area contributed by atoms with Crippen LogP contribution in [0.15, 0.2) is 42.5 Å². The zero-order chi connectivity index (χ0) is 18.4. The number of carboxylic acids is 1. The molecule has 136 valence electrons. The number of benzene rings is 1. The number of rotatable bonds is 8.